The molecule has 0 radical (unpaired) electrons. The highest BCUT2D eigenvalue weighted by atomic mass is 16.7. The van der Waals surface area contributed by atoms with E-state index >= 15 is 0 Å². The summed E-state index contributed by atoms with van der Waals surface area (Å²) < 4.78 is 8.78. The van der Waals surface area contributed by atoms with E-state index in [0.717, 1.165) is 0 Å². The summed E-state index contributed by atoms with van der Waals surface area (Å²) in [5.41, 5.74) is 1.98. The molecule has 0 aromatic heterocycles. The Morgan fingerprint density at radius 2 is 1.90 bits per heavy atom. The number of nitrogens with two attached hydrogens (primary N) is 1. The van der Waals surface area contributed by atoms with Crippen molar-refractivity contribution in [1.29, 1.82) is 0 Å². The molecule has 0 amide bonds. The molecule has 1 fully saturated rings. The van der Waals surface area contributed by atoms with Gasteiger partial charge in [-0.05, 0) is 0 Å². The summed E-state index contributed by atoms with van der Waals surface area (Å²) in [6.07, 6.45) is -1.48. The number of hydrogen-bond acceptors (Lipinski definition) is 6. The van der Waals surface area contributed by atoms with Crippen molar-refractivity contribution < 1.29 is 19.1 Å². The zero-order chi connectivity index (χ0) is 7.56. The smallest absolute Gasteiger partial charge is 0.321 e. The van der Waals surface area contributed by atoms with E-state index < -0.39 is 18.4 Å². The second-order valence-electron chi connectivity index (χ2n) is 1.66. The van der Waals surface area contributed by atoms with Crippen molar-refractivity contribution in [3.8, 4) is 0 Å². The van der Waals surface area contributed by atoms with Crippen LogP contribution in [0.25, 0.3) is 0 Å². The van der Waals surface area contributed by atoms with Crippen molar-refractivity contribution in [2.24, 2.45) is 5.84 Å². The van der Waals surface area contributed by atoms with Crippen molar-refractivity contribution >= 4 is 11.9 Å². The fourth-order valence-electron chi connectivity index (χ4n) is 0.532. The van der Waals surface area contributed by atoms with Crippen molar-refractivity contribution in [3.63, 3.8) is 0 Å². The molecule has 6 nitrogen and oxygen atoms in total. The average Bonchev–Trinajstić information content (AvgIpc) is 1.85. The lowest BCUT2D eigenvalue weighted by Gasteiger charge is -2.20. The Balaban J connectivity index is 2.50. The van der Waals surface area contributed by atoms with Crippen LogP contribution in [-0.2, 0) is 19.1 Å². The molecule has 1 heterocycles. The van der Waals surface area contributed by atoms with E-state index in [1.54, 1.807) is 0 Å². The first-order valence-electron chi connectivity index (χ1n) is 2.57. The van der Waals surface area contributed by atoms with Gasteiger partial charge >= 0.3 is 18.4 Å². The van der Waals surface area contributed by atoms with E-state index in [9.17, 15) is 9.59 Å². The highest BCUT2D eigenvalue weighted by Crippen LogP contribution is 2.03. The van der Waals surface area contributed by atoms with Gasteiger partial charge in [0, 0.05) is 0 Å². The molecule has 0 aromatic carbocycles. The Kier molecular flexibility index (Phi) is 1.83. The molecule has 1 aliphatic rings. The number of ether oxygens (including phenoxy) is 2. The molecule has 3 N–H and O–H groups in total. The van der Waals surface area contributed by atoms with Crippen molar-refractivity contribution in [2.75, 3.05) is 0 Å². The van der Waals surface area contributed by atoms with E-state index in [-0.39, 0.29) is 6.42 Å². The van der Waals surface area contributed by atoms with Gasteiger partial charge in [-0.1, -0.05) is 0 Å². The fourth-order valence-corrected chi connectivity index (χ4v) is 0.532. The number of hydrazine groups is 1. The monoisotopic (exact) mass is 146 g/mol. The molecule has 1 aliphatic heterocycles. The van der Waals surface area contributed by atoms with Crippen LogP contribution in [0.2, 0.25) is 0 Å². The lowest BCUT2D eigenvalue weighted by Crippen LogP contribution is -2.45. The standard InChI is InChI=1S/C4H6N2O4/c5-6-4-9-2(7)1-3(8)10-4/h4,6H,1,5H2. The van der Waals surface area contributed by atoms with Crippen LogP contribution in [-0.4, -0.2) is 18.4 Å². The lowest BCUT2D eigenvalue weighted by atomic mass is 10.4. The second kappa shape index (κ2) is 2.63. The molecular formula is C4H6N2O4. The highest BCUT2D eigenvalue weighted by molar-refractivity contribution is 5.92. The largest absolute Gasteiger partial charge is 0.409 e. The normalized spacial score (nSPS) is 20.1. The Morgan fingerprint density at radius 3 is 2.30 bits per heavy atom. The maximum Gasteiger partial charge on any atom is 0.321 e. The zero-order valence-corrected chi connectivity index (χ0v) is 4.99. The number of hydrogen-bond donors (Lipinski definition) is 2. The fraction of sp³-hybridized carbons (Fsp3) is 0.500. The molecule has 6 heteroatoms. The number of cyclic esters (lactones) is 2. The first kappa shape index (κ1) is 6.97. The summed E-state index contributed by atoms with van der Waals surface area (Å²) in [6.45, 7) is 0. The number of nitrogens with one attached hydrogen (secondary N) is 1. The molecule has 0 spiro atoms. The number of carbonyl (C=O) groups is 2. The van der Waals surface area contributed by atoms with Gasteiger partial charge in [0.15, 0.2) is 0 Å². The van der Waals surface area contributed by atoms with Gasteiger partial charge in [0.25, 0.3) is 0 Å². The summed E-state index contributed by atoms with van der Waals surface area (Å²) in [6, 6.07) is 0. The van der Waals surface area contributed by atoms with Gasteiger partial charge in [-0.25, -0.2) is 0 Å². The van der Waals surface area contributed by atoms with E-state index in [1.165, 1.54) is 0 Å². The summed E-state index contributed by atoms with van der Waals surface area (Å²) in [7, 11) is 0. The van der Waals surface area contributed by atoms with Gasteiger partial charge in [0.1, 0.15) is 6.42 Å². The number of rotatable bonds is 1. The lowest BCUT2D eigenvalue weighted by molar-refractivity contribution is -0.209. The SMILES string of the molecule is NNC1OC(=O)CC(=O)O1. The maximum absolute atomic E-state index is 10.4. The first-order chi connectivity index (χ1) is 4.72. The van der Waals surface area contributed by atoms with Crippen molar-refractivity contribution in [1.82, 2.24) is 5.43 Å². The van der Waals surface area contributed by atoms with Crippen LogP contribution in [0.3, 0.4) is 0 Å². The highest BCUT2D eigenvalue weighted by Gasteiger charge is 2.26. The van der Waals surface area contributed by atoms with Crippen LogP contribution in [0, 0.1) is 0 Å². The summed E-state index contributed by atoms with van der Waals surface area (Å²) in [5.74, 6) is 3.54. The third-order valence-corrected chi connectivity index (χ3v) is 0.902. The molecule has 0 aliphatic carbocycles. The quantitative estimate of drug-likeness (QED) is 0.197. The van der Waals surface area contributed by atoms with Crippen molar-refractivity contribution in [2.45, 2.75) is 12.8 Å². The van der Waals surface area contributed by atoms with E-state index in [1.807, 2.05) is 5.43 Å². The molecule has 1 rings (SSSR count). The molecule has 1 saturated heterocycles. The molecule has 0 unspecified atom stereocenters. The molecular weight excluding hydrogens is 140 g/mol. The van der Waals surface area contributed by atoms with Crippen LogP contribution >= 0.6 is 0 Å². The van der Waals surface area contributed by atoms with E-state index in [4.69, 9.17) is 5.84 Å². The molecule has 0 atom stereocenters. The van der Waals surface area contributed by atoms with Crippen LogP contribution in [0.4, 0.5) is 0 Å². The molecule has 56 valence electrons. The van der Waals surface area contributed by atoms with Crippen LogP contribution in [0.5, 0.6) is 0 Å². The molecule has 0 saturated carbocycles. The van der Waals surface area contributed by atoms with E-state index in [2.05, 4.69) is 9.47 Å². The minimum absolute atomic E-state index is 0.349. The topological polar surface area (TPSA) is 90.6 Å². The van der Waals surface area contributed by atoms with Crippen LogP contribution in [0.15, 0.2) is 0 Å². The minimum atomic E-state index is -1.13. The maximum atomic E-state index is 10.4. The van der Waals surface area contributed by atoms with Gasteiger partial charge in [0.2, 0.25) is 0 Å². The third kappa shape index (κ3) is 1.42. The van der Waals surface area contributed by atoms with Gasteiger partial charge in [-0.3, -0.25) is 15.4 Å². The molecule has 0 bridgehead atoms. The molecule has 0 aromatic rings. The van der Waals surface area contributed by atoms with E-state index in [0.29, 0.717) is 0 Å². The van der Waals surface area contributed by atoms with Crippen molar-refractivity contribution in [3.05, 3.63) is 0 Å². The van der Waals surface area contributed by atoms with Gasteiger partial charge < -0.3 is 9.47 Å². The van der Waals surface area contributed by atoms with Gasteiger partial charge in [0.05, 0.1) is 0 Å². The Bertz CT molecular complexity index is 153. The summed E-state index contributed by atoms with van der Waals surface area (Å²) in [4.78, 5) is 20.8. The summed E-state index contributed by atoms with van der Waals surface area (Å²) >= 11 is 0. The summed E-state index contributed by atoms with van der Waals surface area (Å²) in [5, 5.41) is 0. The van der Waals surface area contributed by atoms with Gasteiger partial charge in [-0.15, -0.1) is 0 Å². The Hall–Kier alpha value is -1.14. The predicted molar refractivity (Wildman–Crippen MR) is 27.9 cm³/mol. The van der Waals surface area contributed by atoms with Crippen LogP contribution < -0.4 is 11.3 Å². The Labute approximate surface area is 56.2 Å². The number of esters is 2. The predicted octanol–water partition coefficient (Wildman–Crippen LogP) is -1.78. The zero-order valence-electron chi connectivity index (χ0n) is 4.99. The molecule has 10 heavy (non-hydrogen) atoms. The third-order valence-electron chi connectivity index (χ3n) is 0.902. The first-order valence-corrected chi connectivity index (χ1v) is 2.57. The average molecular weight is 146 g/mol. The van der Waals surface area contributed by atoms with Gasteiger partial charge in [-0.2, -0.15) is 5.43 Å². The second-order valence-corrected chi connectivity index (χ2v) is 1.66. The minimum Gasteiger partial charge on any atom is -0.409 e. The number of carbonyl (C=O) groups excluding carboxylic acids is 2. The Morgan fingerprint density at radius 1 is 1.40 bits per heavy atom. The van der Waals surface area contributed by atoms with Crippen LogP contribution in [0.1, 0.15) is 6.42 Å².